The summed E-state index contributed by atoms with van der Waals surface area (Å²) in [5.41, 5.74) is 1.57. The maximum Gasteiger partial charge on any atom is 0.458 e. The number of benzene rings is 7. The van der Waals surface area contributed by atoms with E-state index in [4.69, 9.17) is 0 Å². The van der Waals surface area contributed by atoms with Crippen molar-refractivity contribution < 1.29 is 22.0 Å². The summed E-state index contributed by atoms with van der Waals surface area (Å²) in [6.07, 6.45) is -5.73. The standard InChI is InChI=1S/C33H19F5/c1-18-14-19-10-12-21-16-23(17-22-13-11-20(15-18)28(19)29(21)22)30-24-6-2-4-8-26(24)31(32(34,35)33(36,37)38)27-9-5-3-7-25(27)30/h2-17H,1H3. The second-order valence-electron chi connectivity index (χ2n) is 9.93. The average Bonchev–Trinajstić information content (AvgIpc) is 2.88. The first-order chi connectivity index (χ1) is 18.1. The van der Waals surface area contributed by atoms with Crippen LogP contribution in [0.5, 0.6) is 0 Å². The molecule has 0 heterocycles. The van der Waals surface area contributed by atoms with Crippen molar-refractivity contribution in [1.29, 1.82) is 0 Å². The molecular formula is C33H19F5. The molecule has 0 aliphatic rings. The maximum atomic E-state index is 15.0. The molecule has 186 valence electrons. The van der Waals surface area contributed by atoms with Crippen molar-refractivity contribution in [3.05, 3.63) is 108 Å². The Bertz CT molecular complexity index is 1930. The second-order valence-corrected chi connectivity index (χ2v) is 9.93. The number of halogens is 5. The highest BCUT2D eigenvalue weighted by Gasteiger charge is 2.60. The van der Waals surface area contributed by atoms with Crippen LogP contribution in [0.25, 0.3) is 65.0 Å². The van der Waals surface area contributed by atoms with Crippen LogP contribution in [-0.2, 0) is 5.92 Å². The molecule has 0 aliphatic heterocycles. The summed E-state index contributed by atoms with van der Waals surface area (Å²) in [4.78, 5) is 0. The molecule has 7 rings (SSSR count). The van der Waals surface area contributed by atoms with Crippen molar-refractivity contribution in [2.45, 2.75) is 19.0 Å². The molecule has 0 saturated carbocycles. The van der Waals surface area contributed by atoms with E-state index in [1.54, 1.807) is 24.3 Å². The average molecular weight is 511 g/mol. The Labute approximate surface area is 214 Å². The molecule has 7 aromatic rings. The molecule has 0 N–H and O–H groups in total. The van der Waals surface area contributed by atoms with Crippen LogP contribution in [0.15, 0.2) is 97.1 Å². The summed E-state index contributed by atoms with van der Waals surface area (Å²) in [6.45, 7) is 2.06. The first-order valence-electron chi connectivity index (χ1n) is 12.2. The molecule has 0 saturated heterocycles. The lowest BCUT2D eigenvalue weighted by atomic mass is 9.84. The minimum Gasteiger partial charge on any atom is -0.191 e. The Kier molecular flexibility index (Phi) is 4.60. The van der Waals surface area contributed by atoms with Gasteiger partial charge in [0, 0.05) is 5.56 Å². The van der Waals surface area contributed by atoms with E-state index in [0.29, 0.717) is 16.3 Å². The quantitative estimate of drug-likeness (QED) is 0.123. The summed E-state index contributed by atoms with van der Waals surface area (Å²) in [5, 5.41) is 7.01. The fourth-order valence-electron chi connectivity index (χ4n) is 6.06. The Hall–Kier alpha value is -4.25. The van der Waals surface area contributed by atoms with Crippen LogP contribution in [0.1, 0.15) is 11.1 Å². The highest BCUT2D eigenvalue weighted by atomic mass is 19.4. The number of alkyl halides is 5. The summed E-state index contributed by atoms with van der Waals surface area (Å²) < 4.78 is 71.1. The third kappa shape index (κ3) is 3.08. The SMILES string of the molecule is Cc1cc2ccc3cc(-c4c5ccccc5c(C(F)(F)C(F)(F)F)c5ccccc45)cc4ccc(c1)c2c34. The predicted octanol–water partition coefficient (Wildman–Crippen LogP) is 10.5. The smallest absolute Gasteiger partial charge is 0.191 e. The molecule has 38 heavy (non-hydrogen) atoms. The van der Waals surface area contributed by atoms with E-state index >= 15 is 8.78 Å². The second kappa shape index (κ2) is 7.64. The van der Waals surface area contributed by atoms with Gasteiger partial charge in [0.15, 0.2) is 0 Å². The molecule has 0 unspecified atom stereocenters. The van der Waals surface area contributed by atoms with Crippen LogP contribution in [0.3, 0.4) is 0 Å². The molecule has 7 aromatic carbocycles. The monoisotopic (exact) mass is 510 g/mol. The minimum atomic E-state index is -5.73. The van der Waals surface area contributed by atoms with E-state index in [9.17, 15) is 13.2 Å². The number of hydrogen-bond donors (Lipinski definition) is 0. The van der Waals surface area contributed by atoms with Gasteiger partial charge in [-0.3, -0.25) is 0 Å². The zero-order valence-electron chi connectivity index (χ0n) is 20.1. The van der Waals surface area contributed by atoms with E-state index in [-0.39, 0.29) is 10.8 Å². The van der Waals surface area contributed by atoms with Crippen LogP contribution in [0, 0.1) is 6.92 Å². The fourth-order valence-corrected chi connectivity index (χ4v) is 6.06. The van der Waals surface area contributed by atoms with Crippen LogP contribution < -0.4 is 0 Å². The Balaban J connectivity index is 1.63. The van der Waals surface area contributed by atoms with E-state index in [1.807, 2.05) is 24.3 Å². The largest absolute Gasteiger partial charge is 0.458 e. The molecule has 0 atom stereocenters. The molecule has 5 heteroatoms. The van der Waals surface area contributed by atoms with E-state index in [2.05, 4.69) is 31.2 Å². The first kappa shape index (κ1) is 22.9. The summed E-state index contributed by atoms with van der Waals surface area (Å²) in [6, 6.07) is 28.9. The number of rotatable bonds is 2. The van der Waals surface area contributed by atoms with Crippen LogP contribution in [-0.4, -0.2) is 6.18 Å². The van der Waals surface area contributed by atoms with Gasteiger partial charge >= 0.3 is 12.1 Å². The van der Waals surface area contributed by atoms with Gasteiger partial charge in [-0.2, -0.15) is 22.0 Å². The van der Waals surface area contributed by atoms with Gasteiger partial charge in [0.1, 0.15) is 0 Å². The van der Waals surface area contributed by atoms with E-state index in [1.165, 1.54) is 29.8 Å². The van der Waals surface area contributed by atoms with Crippen LogP contribution in [0.4, 0.5) is 22.0 Å². The molecule has 0 fully saturated rings. The molecule has 0 spiro atoms. The Morgan fingerprint density at radius 1 is 0.500 bits per heavy atom. The highest BCUT2D eigenvalue weighted by Crippen LogP contribution is 2.51. The van der Waals surface area contributed by atoms with Gasteiger partial charge in [-0.05, 0) is 89.6 Å². The zero-order valence-corrected chi connectivity index (χ0v) is 20.1. The van der Waals surface area contributed by atoms with Crippen molar-refractivity contribution in [1.82, 2.24) is 0 Å². The van der Waals surface area contributed by atoms with Gasteiger partial charge in [0.05, 0.1) is 0 Å². The number of aryl methyl sites for hydroxylation is 1. The summed E-state index contributed by atoms with van der Waals surface area (Å²) >= 11 is 0. The maximum absolute atomic E-state index is 15.0. The van der Waals surface area contributed by atoms with Crippen LogP contribution >= 0.6 is 0 Å². The number of hydrogen-bond acceptors (Lipinski definition) is 0. The lowest BCUT2D eigenvalue weighted by Crippen LogP contribution is -2.34. The fraction of sp³-hybridized carbons (Fsp3) is 0.0909. The van der Waals surface area contributed by atoms with Gasteiger partial charge in [-0.15, -0.1) is 0 Å². The normalized spacial score (nSPS) is 13.0. The van der Waals surface area contributed by atoms with Crippen LogP contribution in [0.2, 0.25) is 0 Å². The van der Waals surface area contributed by atoms with Gasteiger partial charge < -0.3 is 0 Å². The van der Waals surface area contributed by atoms with Gasteiger partial charge in [-0.25, -0.2) is 0 Å². The number of fused-ring (bicyclic) bond motifs is 2. The Morgan fingerprint density at radius 3 is 1.32 bits per heavy atom. The van der Waals surface area contributed by atoms with Gasteiger partial charge in [-0.1, -0.05) is 84.9 Å². The van der Waals surface area contributed by atoms with Crippen molar-refractivity contribution in [2.24, 2.45) is 0 Å². The molecule has 0 bridgehead atoms. The van der Waals surface area contributed by atoms with Crippen molar-refractivity contribution >= 4 is 53.9 Å². The lowest BCUT2D eigenvalue weighted by molar-refractivity contribution is -0.288. The van der Waals surface area contributed by atoms with Crippen molar-refractivity contribution in [2.75, 3.05) is 0 Å². The minimum absolute atomic E-state index is 0.107. The Morgan fingerprint density at radius 2 is 0.895 bits per heavy atom. The summed E-state index contributed by atoms with van der Waals surface area (Å²) in [5.74, 6) is -5.02. The third-order valence-corrected chi connectivity index (χ3v) is 7.57. The van der Waals surface area contributed by atoms with Crippen molar-refractivity contribution in [3.63, 3.8) is 0 Å². The summed E-state index contributed by atoms with van der Waals surface area (Å²) in [7, 11) is 0. The van der Waals surface area contributed by atoms with E-state index in [0.717, 1.165) is 37.9 Å². The van der Waals surface area contributed by atoms with Gasteiger partial charge in [0.2, 0.25) is 0 Å². The molecule has 0 nitrogen and oxygen atoms in total. The molecular weight excluding hydrogens is 491 g/mol. The first-order valence-corrected chi connectivity index (χ1v) is 12.2. The predicted molar refractivity (Wildman–Crippen MR) is 145 cm³/mol. The van der Waals surface area contributed by atoms with Crippen molar-refractivity contribution in [3.8, 4) is 11.1 Å². The zero-order chi connectivity index (χ0) is 26.4. The molecule has 0 aliphatic carbocycles. The van der Waals surface area contributed by atoms with Gasteiger partial charge in [0.25, 0.3) is 0 Å². The molecule has 0 amide bonds. The molecule has 0 radical (unpaired) electrons. The lowest BCUT2D eigenvalue weighted by Gasteiger charge is -2.25. The van der Waals surface area contributed by atoms with E-state index < -0.39 is 17.7 Å². The highest BCUT2D eigenvalue weighted by molar-refractivity contribution is 6.25. The topological polar surface area (TPSA) is 0 Å². The third-order valence-electron chi connectivity index (χ3n) is 7.57. The molecule has 0 aromatic heterocycles.